The summed E-state index contributed by atoms with van der Waals surface area (Å²) in [6.07, 6.45) is 3.99. The molecule has 0 unspecified atom stereocenters. The van der Waals surface area contributed by atoms with E-state index in [1.165, 1.54) is 31.4 Å². The maximum atomic E-state index is 12.9. The van der Waals surface area contributed by atoms with E-state index >= 15 is 0 Å². The smallest absolute Gasteiger partial charge is 0.124 e. The van der Waals surface area contributed by atoms with E-state index in [9.17, 15) is 4.39 Å². The average molecular weight is 211 g/mol. The molecule has 2 rings (SSSR count). The topological polar surface area (TPSA) is 26.0 Å². The second-order valence-corrected chi connectivity index (χ2v) is 4.85. The van der Waals surface area contributed by atoms with Crippen LogP contribution in [0.4, 0.5) is 10.1 Å². The van der Waals surface area contributed by atoms with Crippen LogP contribution in [0, 0.1) is 11.7 Å². The summed E-state index contributed by atoms with van der Waals surface area (Å²) in [6.45, 7) is 0. The molecule has 0 heterocycles. The fourth-order valence-corrected chi connectivity index (χ4v) is 2.68. The first kappa shape index (κ1) is 9.84. The third-order valence-electron chi connectivity index (χ3n) is 2.67. The monoisotopic (exact) mass is 211 g/mol. The molecule has 1 nitrogen and oxygen atoms in total. The van der Waals surface area contributed by atoms with Gasteiger partial charge in [0.25, 0.3) is 0 Å². The Kier molecular flexibility index (Phi) is 2.96. The molecule has 0 aliphatic heterocycles. The maximum absolute atomic E-state index is 12.9. The summed E-state index contributed by atoms with van der Waals surface area (Å²) in [7, 11) is 0. The van der Waals surface area contributed by atoms with Gasteiger partial charge in [0.2, 0.25) is 0 Å². The summed E-state index contributed by atoms with van der Waals surface area (Å²) in [6, 6.07) is 4.57. The zero-order valence-corrected chi connectivity index (χ0v) is 8.82. The van der Waals surface area contributed by atoms with Crippen LogP contribution in [0.15, 0.2) is 23.1 Å². The Bertz CT molecular complexity index is 323. The number of benzene rings is 1. The second-order valence-electron chi connectivity index (χ2n) is 3.79. The summed E-state index contributed by atoms with van der Waals surface area (Å²) < 4.78 is 12.9. The van der Waals surface area contributed by atoms with Crippen molar-refractivity contribution in [3.63, 3.8) is 0 Å². The van der Waals surface area contributed by atoms with Gasteiger partial charge in [0.1, 0.15) is 5.82 Å². The van der Waals surface area contributed by atoms with Gasteiger partial charge in [0, 0.05) is 16.3 Å². The van der Waals surface area contributed by atoms with Crippen molar-refractivity contribution < 1.29 is 4.39 Å². The molecule has 0 bridgehead atoms. The lowest BCUT2D eigenvalue weighted by Gasteiger charge is -2.24. The molecule has 0 amide bonds. The first-order valence-electron chi connectivity index (χ1n) is 4.93. The van der Waals surface area contributed by atoms with Crippen molar-refractivity contribution in [1.29, 1.82) is 0 Å². The summed E-state index contributed by atoms with van der Waals surface area (Å²) in [4.78, 5) is 0.886. The number of hydrogen-bond donors (Lipinski definition) is 1. The van der Waals surface area contributed by atoms with Crippen LogP contribution in [0.3, 0.4) is 0 Å². The molecule has 1 saturated carbocycles. The van der Waals surface area contributed by atoms with Gasteiger partial charge in [-0.05, 0) is 37.0 Å². The van der Waals surface area contributed by atoms with E-state index in [1.54, 1.807) is 17.8 Å². The number of thioether (sulfide) groups is 1. The van der Waals surface area contributed by atoms with Gasteiger partial charge < -0.3 is 5.73 Å². The van der Waals surface area contributed by atoms with Crippen LogP contribution in [-0.4, -0.2) is 5.75 Å². The molecule has 0 atom stereocenters. The van der Waals surface area contributed by atoms with Gasteiger partial charge in [-0.2, -0.15) is 0 Å². The Hall–Kier alpha value is -0.700. The van der Waals surface area contributed by atoms with E-state index in [0.717, 1.165) is 16.6 Å². The predicted molar refractivity (Wildman–Crippen MR) is 58.9 cm³/mol. The van der Waals surface area contributed by atoms with E-state index in [0.29, 0.717) is 5.69 Å². The molecular weight excluding hydrogens is 197 g/mol. The van der Waals surface area contributed by atoms with Gasteiger partial charge in [0.05, 0.1) is 0 Å². The minimum Gasteiger partial charge on any atom is -0.398 e. The van der Waals surface area contributed by atoms with E-state index in [-0.39, 0.29) is 5.82 Å². The van der Waals surface area contributed by atoms with Crippen molar-refractivity contribution in [1.82, 2.24) is 0 Å². The lowest BCUT2D eigenvalue weighted by atomic mass is 9.87. The number of hydrogen-bond acceptors (Lipinski definition) is 2. The molecule has 1 aromatic carbocycles. The number of anilines is 1. The molecule has 0 aromatic heterocycles. The van der Waals surface area contributed by atoms with Crippen molar-refractivity contribution in [2.45, 2.75) is 24.2 Å². The van der Waals surface area contributed by atoms with Gasteiger partial charge in [-0.3, -0.25) is 0 Å². The molecule has 1 aliphatic carbocycles. The molecular formula is C11H14FNS. The largest absolute Gasteiger partial charge is 0.398 e. The standard InChI is InChI=1S/C11H14FNS/c12-9-4-5-10(13)11(6-9)14-7-8-2-1-3-8/h4-6,8H,1-3,7,13H2. The highest BCUT2D eigenvalue weighted by Gasteiger charge is 2.17. The summed E-state index contributed by atoms with van der Waals surface area (Å²) >= 11 is 1.68. The van der Waals surface area contributed by atoms with E-state index in [4.69, 9.17) is 5.73 Å². The van der Waals surface area contributed by atoms with E-state index in [1.807, 2.05) is 0 Å². The Labute approximate surface area is 87.9 Å². The van der Waals surface area contributed by atoms with E-state index in [2.05, 4.69) is 0 Å². The van der Waals surface area contributed by atoms with Crippen LogP contribution < -0.4 is 5.73 Å². The lowest BCUT2D eigenvalue weighted by molar-refractivity contribution is 0.353. The van der Waals surface area contributed by atoms with Gasteiger partial charge in [0.15, 0.2) is 0 Å². The summed E-state index contributed by atoms with van der Waals surface area (Å²) in [5.74, 6) is 1.70. The van der Waals surface area contributed by atoms with Crippen LogP contribution in [-0.2, 0) is 0 Å². The second kappa shape index (κ2) is 4.22. The molecule has 14 heavy (non-hydrogen) atoms. The van der Waals surface area contributed by atoms with Gasteiger partial charge >= 0.3 is 0 Å². The molecule has 0 radical (unpaired) electrons. The number of nitrogens with two attached hydrogens (primary N) is 1. The van der Waals surface area contributed by atoms with Crippen molar-refractivity contribution >= 4 is 17.4 Å². The highest BCUT2D eigenvalue weighted by atomic mass is 32.2. The van der Waals surface area contributed by atoms with Crippen LogP contribution in [0.5, 0.6) is 0 Å². The SMILES string of the molecule is Nc1ccc(F)cc1SCC1CCC1. The lowest BCUT2D eigenvalue weighted by Crippen LogP contribution is -2.13. The Balaban J connectivity index is 1.96. The highest BCUT2D eigenvalue weighted by molar-refractivity contribution is 7.99. The Morgan fingerprint density at radius 1 is 1.43 bits per heavy atom. The fourth-order valence-electron chi connectivity index (χ4n) is 1.50. The summed E-state index contributed by atoms with van der Waals surface area (Å²) in [5.41, 5.74) is 6.44. The van der Waals surface area contributed by atoms with Crippen molar-refractivity contribution in [3.05, 3.63) is 24.0 Å². The quantitative estimate of drug-likeness (QED) is 0.613. The molecule has 2 N–H and O–H groups in total. The third-order valence-corrected chi connectivity index (χ3v) is 3.98. The van der Waals surface area contributed by atoms with Crippen LogP contribution in [0.25, 0.3) is 0 Å². The molecule has 0 saturated heterocycles. The minimum absolute atomic E-state index is 0.199. The first-order chi connectivity index (χ1) is 6.75. The highest BCUT2D eigenvalue weighted by Crippen LogP contribution is 2.34. The molecule has 0 spiro atoms. The van der Waals surface area contributed by atoms with Gasteiger partial charge in [-0.15, -0.1) is 11.8 Å². The molecule has 3 heteroatoms. The zero-order chi connectivity index (χ0) is 9.97. The first-order valence-corrected chi connectivity index (χ1v) is 5.92. The number of halogens is 1. The van der Waals surface area contributed by atoms with Crippen LogP contribution in [0.2, 0.25) is 0 Å². The van der Waals surface area contributed by atoms with E-state index < -0.39 is 0 Å². The third kappa shape index (κ3) is 2.21. The molecule has 1 aromatic rings. The normalized spacial score (nSPS) is 16.6. The Morgan fingerprint density at radius 2 is 2.21 bits per heavy atom. The molecule has 76 valence electrons. The molecule has 1 fully saturated rings. The van der Waals surface area contributed by atoms with Gasteiger partial charge in [-0.25, -0.2) is 4.39 Å². The van der Waals surface area contributed by atoms with Crippen molar-refractivity contribution in [2.24, 2.45) is 5.92 Å². The van der Waals surface area contributed by atoms with Crippen molar-refractivity contribution in [3.8, 4) is 0 Å². The number of rotatable bonds is 3. The zero-order valence-electron chi connectivity index (χ0n) is 8.00. The average Bonchev–Trinajstić information content (AvgIpc) is 2.08. The predicted octanol–water partition coefficient (Wildman–Crippen LogP) is 3.30. The van der Waals surface area contributed by atoms with Crippen LogP contribution in [0.1, 0.15) is 19.3 Å². The van der Waals surface area contributed by atoms with Crippen molar-refractivity contribution in [2.75, 3.05) is 11.5 Å². The Morgan fingerprint density at radius 3 is 2.86 bits per heavy atom. The number of nitrogen functional groups attached to an aromatic ring is 1. The minimum atomic E-state index is -0.199. The van der Waals surface area contributed by atoms with Crippen LogP contribution >= 0.6 is 11.8 Å². The van der Waals surface area contributed by atoms with Gasteiger partial charge in [-0.1, -0.05) is 6.42 Å². The maximum Gasteiger partial charge on any atom is 0.124 e. The fraction of sp³-hybridized carbons (Fsp3) is 0.455. The summed E-state index contributed by atoms with van der Waals surface area (Å²) in [5, 5.41) is 0. The molecule has 1 aliphatic rings.